The molecule has 3 atom stereocenters. The molecule has 19 heavy (non-hydrogen) atoms. The Labute approximate surface area is 114 Å². The summed E-state index contributed by atoms with van der Waals surface area (Å²) in [5, 5.41) is 0. The van der Waals surface area contributed by atoms with E-state index in [1.165, 1.54) is 12.0 Å². The maximum absolute atomic E-state index is 6.34. The van der Waals surface area contributed by atoms with E-state index in [9.17, 15) is 0 Å². The van der Waals surface area contributed by atoms with Crippen molar-refractivity contribution in [3.05, 3.63) is 54.1 Å². The number of rotatable bonds is 5. The van der Waals surface area contributed by atoms with Crippen molar-refractivity contribution in [2.45, 2.75) is 31.2 Å². The van der Waals surface area contributed by atoms with E-state index in [0.29, 0.717) is 17.9 Å². The summed E-state index contributed by atoms with van der Waals surface area (Å²) in [5.41, 5.74) is 7.78. The van der Waals surface area contributed by atoms with E-state index in [1.54, 1.807) is 0 Å². The van der Waals surface area contributed by atoms with Gasteiger partial charge in [-0.15, -0.1) is 0 Å². The summed E-state index contributed by atoms with van der Waals surface area (Å²) in [6, 6.07) is 11.0. The molecule has 0 saturated heterocycles. The van der Waals surface area contributed by atoms with E-state index < -0.39 is 0 Å². The summed E-state index contributed by atoms with van der Waals surface area (Å²) in [7, 11) is 2.04. The highest BCUT2D eigenvalue weighted by molar-refractivity contribution is 5.26. The van der Waals surface area contributed by atoms with E-state index in [0.717, 1.165) is 18.7 Å². The molecule has 1 saturated carbocycles. The van der Waals surface area contributed by atoms with E-state index >= 15 is 0 Å². The first-order valence-corrected chi connectivity index (χ1v) is 7.02. The van der Waals surface area contributed by atoms with Crippen LogP contribution in [0.15, 0.2) is 42.7 Å². The fraction of sp³-hybridized carbons (Fsp3) is 0.438. The first-order valence-electron chi connectivity index (χ1n) is 7.02. The van der Waals surface area contributed by atoms with Crippen LogP contribution in [-0.2, 0) is 13.5 Å². The van der Waals surface area contributed by atoms with Crippen LogP contribution in [-0.4, -0.2) is 15.6 Å². The lowest BCUT2D eigenvalue weighted by Crippen LogP contribution is -2.24. The molecule has 1 aromatic carbocycles. The summed E-state index contributed by atoms with van der Waals surface area (Å²) in [4.78, 5) is 4.35. The second-order valence-corrected chi connectivity index (χ2v) is 5.57. The average molecular weight is 255 g/mol. The first-order chi connectivity index (χ1) is 9.25. The zero-order valence-corrected chi connectivity index (χ0v) is 11.4. The van der Waals surface area contributed by atoms with Gasteiger partial charge in [0.1, 0.15) is 5.82 Å². The second-order valence-electron chi connectivity index (χ2n) is 5.57. The molecule has 3 rings (SSSR count). The highest BCUT2D eigenvalue weighted by atomic mass is 15.0. The lowest BCUT2D eigenvalue weighted by molar-refractivity contribution is 0.527. The minimum atomic E-state index is 0.293. The van der Waals surface area contributed by atoms with Crippen molar-refractivity contribution >= 4 is 0 Å². The van der Waals surface area contributed by atoms with E-state index in [4.69, 9.17) is 5.73 Å². The fourth-order valence-electron chi connectivity index (χ4n) is 2.92. The van der Waals surface area contributed by atoms with Crippen molar-refractivity contribution in [1.29, 1.82) is 0 Å². The molecule has 0 bridgehead atoms. The van der Waals surface area contributed by atoms with Crippen LogP contribution in [0.2, 0.25) is 0 Å². The Bertz CT molecular complexity index is 532. The predicted octanol–water partition coefficient (Wildman–Crippen LogP) is 2.48. The van der Waals surface area contributed by atoms with Gasteiger partial charge < -0.3 is 10.3 Å². The summed E-state index contributed by atoms with van der Waals surface area (Å²) >= 11 is 0. The van der Waals surface area contributed by atoms with Crippen molar-refractivity contribution < 1.29 is 0 Å². The van der Waals surface area contributed by atoms with Gasteiger partial charge in [0, 0.05) is 31.9 Å². The number of nitrogens with two attached hydrogens (primary N) is 1. The summed E-state index contributed by atoms with van der Waals surface area (Å²) in [6.07, 6.45) is 7.09. The Hall–Kier alpha value is -1.61. The highest BCUT2D eigenvalue weighted by Gasteiger charge is 2.41. The summed E-state index contributed by atoms with van der Waals surface area (Å²) < 4.78 is 2.08. The molecular weight excluding hydrogens is 234 g/mol. The Kier molecular flexibility index (Phi) is 3.38. The molecule has 3 heteroatoms. The van der Waals surface area contributed by atoms with Gasteiger partial charge in [0.15, 0.2) is 0 Å². The molecule has 3 unspecified atom stereocenters. The molecule has 1 aliphatic carbocycles. The molecule has 0 amide bonds. The van der Waals surface area contributed by atoms with Crippen LogP contribution in [0.4, 0.5) is 0 Å². The summed E-state index contributed by atoms with van der Waals surface area (Å²) in [5.74, 6) is 2.47. The van der Waals surface area contributed by atoms with E-state index in [2.05, 4.69) is 39.9 Å². The van der Waals surface area contributed by atoms with Crippen molar-refractivity contribution in [2.75, 3.05) is 0 Å². The van der Waals surface area contributed by atoms with Gasteiger partial charge in [-0.3, -0.25) is 0 Å². The molecule has 1 aliphatic rings. The van der Waals surface area contributed by atoms with Crippen molar-refractivity contribution in [1.82, 2.24) is 9.55 Å². The lowest BCUT2D eigenvalue weighted by atomic mass is 10.0. The van der Waals surface area contributed by atoms with Gasteiger partial charge in [0.2, 0.25) is 0 Å². The zero-order valence-electron chi connectivity index (χ0n) is 11.4. The van der Waals surface area contributed by atoms with Gasteiger partial charge in [0.05, 0.1) is 0 Å². The van der Waals surface area contributed by atoms with Gasteiger partial charge in [-0.05, 0) is 30.2 Å². The normalized spacial score (nSPS) is 23.3. The molecule has 0 aliphatic heterocycles. The van der Waals surface area contributed by atoms with Gasteiger partial charge >= 0.3 is 0 Å². The first kappa shape index (κ1) is 12.4. The van der Waals surface area contributed by atoms with E-state index in [-0.39, 0.29) is 0 Å². The van der Waals surface area contributed by atoms with Gasteiger partial charge in [-0.1, -0.05) is 30.3 Å². The van der Waals surface area contributed by atoms with Gasteiger partial charge in [-0.2, -0.15) is 0 Å². The highest BCUT2D eigenvalue weighted by Crippen LogP contribution is 2.49. The van der Waals surface area contributed by atoms with Crippen molar-refractivity contribution in [3.63, 3.8) is 0 Å². The Balaban J connectivity index is 1.53. The predicted molar refractivity (Wildman–Crippen MR) is 76.8 cm³/mol. The van der Waals surface area contributed by atoms with Crippen LogP contribution < -0.4 is 5.73 Å². The topological polar surface area (TPSA) is 43.8 Å². The Morgan fingerprint density at radius 3 is 2.84 bits per heavy atom. The fourth-order valence-corrected chi connectivity index (χ4v) is 2.92. The quantitative estimate of drug-likeness (QED) is 0.892. The number of benzene rings is 1. The van der Waals surface area contributed by atoms with Crippen LogP contribution in [0.1, 0.15) is 30.1 Å². The molecule has 3 nitrogen and oxygen atoms in total. The molecule has 2 N–H and O–H groups in total. The Morgan fingerprint density at radius 1 is 1.37 bits per heavy atom. The number of nitrogens with zero attached hydrogens (tertiary/aromatic N) is 2. The minimum absolute atomic E-state index is 0.293. The average Bonchev–Trinajstić information content (AvgIpc) is 3.14. The minimum Gasteiger partial charge on any atom is -0.338 e. The molecular formula is C16H21N3. The third-order valence-electron chi connectivity index (χ3n) is 4.24. The smallest absolute Gasteiger partial charge is 0.108 e. The second kappa shape index (κ2) is 5.17. The molecule has 100 valence electrons. The maximum Gasteiger partial charge on any atom is 0.108 e. The zero-order chi connectivity index (χ0) is 13.2. The van der Waals surface area contributed by atoms with Crippen molar-refractivity contribution in [2.24, 2.45) is 18.7 Å². The number of aromatic nitrogens is 2. The van der Waals surface area contributed by atoms with Crippen molar-refractivity contribution in [3.8, 4) is 0 Å². The molecule has 0 spiro atoms. The van der Waals surface area contributed by atoms with Crippen LogP contribution in [0, 0.1) is 5.92 Å². The van der Waals surface area contributed by atoms with Crippen LogP contribution in [0.3, 0.4) is 0 Å². The largest absolute Gasteiger partial charge is 0.338 e. The molecule has 1 heterocycles. The third-order valence-corrected chi connectivity index (χ3v) is 4.24. The van der Waals surface area contributed by atoms with Crippen LogP contribution in [0.25, 0.3) is 0 Å². The molecule has 0 radical (unpaired) electrons. The molecule has 2 aromatic rings. The molecule has 1 aromatic heterocycles. The standard InChI is InChI=1S/C16H21N3/c1-19-10-9-18-16(19)8-7-15(17)14-11-13(14)12-5-3-2-4-6-12/h2-6,9-10,13-15H,7-8,11,17H2,1H3. The maximum atomic E-state index is 6.34. The number of aryl methyl sites for hydroxylation is 2. The monoisotopic (exact) mass is 255 g/mol. The third kappa shape index (κ3) is 2.71. The molecule has 1 fully saturated rings. The SMILES string of the molecule is Cn1ccnc1CCC(N)C1CC1c1ccccc1. The number of imidazole rings is 1. The lowest BCUT2D eigenvalue weighted by Gasteiger charge is -2.11. The van der Waals surface area contributed by atoms with E-state index in [1.807, 2.05) is 19.4 Å². The number of hydrogen-bond acceptors (Lipinski definition) is 2. The van der Waals surface area contributed by atoms with Gasteiger partial charge in [-0.25, -0.2) is 4.98 Å². The van der Waals surface area contributed by atoms with Crippen LogP contribution >= 0.6 is 0 Å². The van der Waals surface area contributed by atoms with Crippen LogP contribution in [0.5, 0.6) is 0 Å². The summed E-state index contributed by atoms with van der Waals surface area (Å²) in [6.45, 7) is 0. The Morgan fingerprint density at radius 2 is 2.16 bits per heavy atom. The number of hydrogen-bond donors (Lipinski definition) is 1. The van der Waals surface area contributed by atoms with Gasteiger partial charge in [0.25, 0.3) is 0 Å².